The first-order chi connectivity index (χ1) is 14.4. The number of carbonyl (C=O) groups excluding carboxylic acids is 1. The number of hydrogen-bond donors (Lipinski definition) is 1. The molecule has 0 atom stereocenters. The van der Waals surface area contributed by atoms with E-state index in [2.05, 4.69) is 15.4 Å². The summed E-state index contributed by atoms with van der Waals surface area (Å²) in [5.74, 6) is 0.146. The lowest BCUT2D eigenvalue weighted by molar-refractivity contribution is 0.102. The molecule has 0 bridgehead atoms. The van der Waals surface area contributed by atoms with Crippen molar-refractivity contribution in [1.82, 2.24) is 19.1 Å². The number of ether oxygens (including phenoxy) is 1. The van der Waals surface area contributed by atoms with E-state index >= 15 is 0 Å². The van der Waals surface area contributed by atoms with E-state index in [1.54, 1.807) is 50.6 Å². The zero-order chi connectivity index (χ0) is 21.7. The molecule has 0 aliphatic rings. The average Bonchev–Trinajstić information content (AvgIpc) is 3.29. The van der Waals surface area contributed by atoms with Gasteiger partial charge in [-0.15, -0.1) is 0 Å². The number of amides is 1. The summed E-state index contributed by atoms with van der Waals surface area (Å²) in [4.78, 5) is 17.1. The quantitative estimate of drug-likeness (QED) is 0.590. The van der Waals surface area contributed by atoms with Gasteiger partial charge in [-0.05, 0) is 36.4 Å². The van der Waals surface area contributed by atoms with Gasteiger partial charge >= 0.3 is 0 Å². The second kappa shape index (κ2) is 9.06. The molecule has 0 spiro atoms. The van der Waals surface area contributed by atoms with Crippen molar-refractivity contribution >= 4 is 21.6 Å². The van der Waals surface area contributed by atoms with Crippen molar-refractivity contribution in [3.63, 3.8) is 0 Å². The number of nitrogens with one attached hydrogen (secondary N) is 1. The van der Waals surface area contributed by atoms with Crippen LogP contribution in [0.15, 0.2) is 59.9 Å². The lowest BCUT2D eigenvalue weighted by Gasteiger charge is -2.20. The molecule has 0 aliphatic heterocycles. The highest BCUT2D eigenvalue weighted by molar-refractivity contribution is 7.89. The Bertz CT molecular complexity index is 1130. The summed E-state index contributed by atoms with van der Waals surface area (Å²) in [6, 6.07) is 9.44. The topological polar surface area (TPSA) is 106 Å². The second-order valence-corrected chi connectivity index (χ2v) is 8.14. The third-order valence-electron chi connectivity index (χ3n) is 4.51. The fraction of sp³-hybridized carbons (Fsp3) is 0.250. The first kappa shape index (κ1) is 21.5. The van der Waals surface area contributed by atoms with Gasteiger partial charge in [0.15, 0.2) is 5.82 Å². The number of nitrogens with zero attached hydrogens (tertiary/aromatic N) is 4. The molecule has 3 rings (SSSR count). The molecule has 2 heterocycles. The molecule has 0 saturated carbocycles. The van der Waals surface area contributed by atoms with Crippen molar-refractivity contribution in [2.24, 2.45) is 0 Å². The first-order valence-corrected chi connectivity index (χ1v) is 10.8. The van der Waals surface area contributed by atoms with Crippen LogP contribution >= 0.6 is 0 Å². The Morgan fingerprint density at radius 1 is 1.17 bits per heavy atom. The number of sulfonamides is 1. The van der Waals surface area contributed by atoms with Crippen LogP contribution in [0.4, 0.5) is 5.69 Å². The molecule has 0 saturated heterocycles. The van der Waals surface area contributed by atoms with Crippen molar-refractivity contribution in [2.75, 3.05) is 25.5 Å². The molecule has 10 heteroatoms. The zero-order valence-corrected chi connectivity index (χ0v) is 17.8. The van der Waals surface area contributed by atoms with E-state index in [4.69, 9.17) is 4.74 Å². The monoisotopic (exact) mass is 429 g/mol. The van der Waals surface area contributed by atoms with Gasteiger partial charge in [-0.3, -0.25) is 4.79 Å². The van der Waals surface area contributed by atoms with E-state index in [1.165, 1.54) is 34.3 Å². The van der Waals surface area contributed by atoms with Gasteiger partial charge in [-0.1, -0.05) is 13.8 Å². The fourth-order valence-electron chi connectivity index (χ4n) is 2.99. The van der Waals surface area contributed by atoms with Crippen LogP contribution in [0.5, 0.6) is 5.75 Å². The highest BCUT2D eigenvalue weighted by atomic mass is 32.2. The summed E-state index contributed by atoms with van der Waals surface area (Å²) in [5.41, 5.74) is 0.618. The molecule has 30 heavy (non-hydrogen) atoms. The van der Waals surface area contributed by atoms with Crippen molar-refractivity contribution in [3.05, 3.63) is 60.6 Å². The van der Waals surface area contributed by atoms with Gasteiger partial charge in [0.05, 0.1) is 12.8 Å². The smallest absolute Gasteiger partial charge is 0.255 e. The predicted molar refractivity (Wildman–Crippen MR) is 112 cm³/mol. The molecule has 2 aromatic heterocycles. The Hall–Kier alpha value is -3.24. The van der Waals surface area contributed by atoms with Gasteiger partial charge in [0.2, 0.25) is 10.0 Å². The molecule has 0 fully saturated rings. The molecular weight excluding hydrogens is 406 g/mol. The minimum absolute atomic E-state index is 0.0557. The third kappa shape index (κ3) is 4.19. The summed E-state index contributed by atoms with van der Waals surface area (Å²) in [6.45, 7) is 4.12. The minimum atomic E-state index is -3.81. The van der Waals surface area contributed by atoms with Crippen LogP contribution in [0.3, 0.4) is 0 Å². The summed E-state index contributed by atoms with van der Waals surface area (Å²) < 4.78 is 34.1. The maximum atomic E-state index is 13.0. The summed E-state index contributed by atoms with van der Waals surface area (Å²) in [5, 5.41) is 6.91. The van der Waals surface area contributed by atoms with Gasteiger partial charge in [0.25, 0.3) is 5.91 Å². The molecule has 0 radical (unpaired) electrons. The fourth-order valence-corrected chi connectivity index (χ4v) is 4.63. The van der Waals surface area contributed by atoms with E-state index < -0.39 is 15.9 Å². The molecule has 158 valence electrons. The lowest BCUT2D eigenvalue weighted by atomic mass is 10.2. The van der Waals surface area contributed by atoms with Gasteiger partial charge in [-0.25, -0.2) is 18.1 Å². The summed E-state index contributed by atoms with van der Waals surface area (Å²) >= 11 is 0. The number of aromatic nitrogens is 3. The number of anilines is 1. The summed E-state index contributed by atoms with van der Waals surface area (Å²) in [6.07, 6.45) is 4.91. The van der Waals surface area contributed by atoms with E-state index in [-0.39, 0.29) is 16.2 Å². The normalized spacial score (nSPS) is 11.5. The van der Waals surface area contributed by atoms with Crippen LogP contribution in [-0.2, 0) is 10.0 Å². The van der Waals surface area contributed by atoms with E-state index in [0.29, 0.717) is 24.6 Å². The Kier molecular flexibility index (Phi) is 6.48. The highest BCUT2D eigenvalue weighted by Crippen LogP contribution is 2.28. The molecule has 0 unspecified atom stereocenters. The predicted octanol–water partition coefficient (Wildman–Crippen LogP) is 2.56. The molecule has 9 nitrogen and oxygen atoms in total. The van der Waals surface area contributed by atoms with Gasteiger partial charge < -0.3 is 10.1 Å². The summed E-state index contributed by atoms with van der Waals surface area (Å²) in [7, 11) is -2.42. The lowest BCUT2D eigenvalue weighted by Crippen LogP contribution is -2.31. The number of methoxy groups -OCH3 is 1. The van der Waals surface area contributed by atoms with Crippen LogP contribution in [0.2, 0.25) is 0 Å². The van der Waals surface area contributed by atoms with E-state index in [1.807, 2.05) is 0 Å². The second-order valence-electron chi connectivity index (χ2n) is 6.23. The van der Waals surface area contributed by atoms with Gasteiger partial charge in [-0.2, -0.15) is 9.40 Å². The first-order valence-electron chi connectivity index (χ1n) is 9.37. The molecule has 1 amide bonds. The highest BCUT2D eigenvalue weighted by Gasteiger charge is 2.27. The Morgan fingerprint density at radius 2 is 1.93 bits per heavy atom. The Labute approximate surface area is 175 Å². The third-order valence-corrected chi connectivity index (χ3v) is 6.58. The zero-order valence-electron chi connectivity index (χ0n) is 16.9. The molecule has 1 N–H and O–H groups in total. The standard InChI is InChI=1S/C20H23N5O4S/c1-4-24(5-2)30(27,28)18-14-15(9-10-17(18)29-3)20(26)23-16-8-6-11-21-19(16)25-13-7-12-22-25/h6-14H,4-5H2,1-3H3,(H,23,26). The number of pyridine rings is 1. The minimum Gasteiger partial charge on any atom is -0.495 e. The number of hydrogen-bond acceptors (Lipinski definition) is 6. The SMILES string of the molecule is CCN(CC)S(=O)(=O)c1cc(C(=O)Nc2cccnc2-n2cccn2)ccc1OC. The molecular formula is C20H23N5O4S. The van der Waals surface area contributed by atoms with E-state index in [9.17, 15) is 13.2 Å². The molecule has 0 aliphatic carbocycles. The average molecular weight is 430 g/mol. The molecule has 1 aromatic carbocycles. The van der Waals surface area contributed by atoms with Crippen molar-refractivity contribution in [3.8, 4) is 11.6 Å². The van der Waals surface area contributed by atoms with Crippen molar-refractivity contribution in [2.45, 2.75) is 18.7 Å². The van der Waals surface area contributed by atoms with Gasteiger partial charge in [0, 0.05) is 37.2 Å². The number of rotatable bonds is 8. The Balaban J connectivity index is 1.97. The maximum Gasteiger partial charge on any atom is 0.255 e. The van der Waals surface area contributed by atoms with Gasteiger partial charge in [0.1, 0.15) is 10.6 Å². The number of benzene rings is 1. The molecule has 3 aromatic rings. The van der Waals surface area contributed by atoms with E-state index in [0.717, 1.165) is 0 Å². The Morgan fingerprint density at radius 3 is 2.57 bits per heavy atom. The van der Waals surface area contributed by atoms with Crippen LogP contribution in [0.25, 0.3) is 5.82 Å². The largest absolute Gasteiger partial charge is 0.495 e. The van der Waals surface area contributed by atoms with Crippen LogP contribution in [0, 0.1) is 0 Å². The van der Waals surface area contributed by atoms with Crippen LogP contribution in [-0.4, -0.2) is 53.6 Å². The maximum absolute atomic E-state index is 13.0. The van der Waals surface area contributed by atoms with Crippen LogP contribution in [0.1, 0.15) is 24.2 Å². The van der Waals surface area contributed by atoms with Crippen molar-refractivity contribution < 1.29 is 17.9 Å². The van der Waals surface area contributed by atoms with Crippen LogP contribution < -0.4 is 10.1 Å². The number of carbonyl (C=O) groups is 1. The van der Waals surface area contributed by atoms with Crippen molar-refractivity contribution in [1.29, 1.82) is 0 Å².